The van der Waals surface area contributed by atoms with Crippen molar-refractivity contribution in [2.24, 2.45) is 0 Å². The zero-order valence-electron chi connectivity index (χ0n) is 17.9. The number of aliphatic hydroxyl groups excluding tert-OH is 1. The van der Waals surface area contributed by atoms with Crippen LogP contribution >= 0.6 is 15.9 Å². The van der Waals surface area contributed by atoms with E-state index in [1.54, 1.807) is 49.4 Å². The molecule has 7 heteroatoms. The van der Waals surface area contributed by atoms with Gasteiger partial charge in [0.05, 0.1) is 17.2 Å². The van der Waals surface area contributed by atoms with E-state index in [4.69, 9.17) is 9.15 Å². The Bertz CT molecular complexity index is 1230. The van der Waals surface area contributed by atoms with Crippen molar-refractivity contribution in [3.05, 3.63) is 87.3 Å². The number of amides is 1. The van der Waals surface area contributed by atoms with Gasteiger partial charge in [-0.1, -0.05) is 19.1 Å². The molecule has 32 heavy (non-hydrogen) atoms. The number of anilines is 1. The van der Waals surface area contributed by atoms with Crippen LogP contribution in [0.5, 0.6) is 5.75 Å². The first-order valence-electron chi connectivity index (χ1n) is 10.2. The third kappa shape index (κ3) is 3.73. The lowest BCUT2D eigenvalue weighted by atomic mass is 9.99. The lowest BCUT2D eigenvalue weighted by molar-refractivity contribution is -0.132. The molecule has 0 spiro atoms. The van der Waals surface area contributed by atoms with Crippen molar-refractivity contribution in [2.45, 2.75) is 26.3 Å². The van der Waals surface area contributed by atoms with Crippen LogP contribution in [-0.4, -0.2) is 23.9 Å². The van der Waals surface area contributed by atoms with Crippen LogP contribution < -0.4 is 9.64 Å². The first kappa shape index (κ1) is 21.9. The average Bonchev–Trinajstić information content (AvgIpc) is 3.34. The summed E-state index contributed by atoms with van der Waals surface area (Å²) in [4.78, 5) is 27.6. The quantitative estimate of drug-likeness (QED) is 0.285. The number of Topliss-reactive ketones (excluding diaryl/α,β-unsaturated/α-hetero) is 1. The third-order valence-electron chi connectivity index (χ3n) is 5.52. The summed E-state index contributed by atoms with van der Waals surface area (Å²) in [7, 11) is 1.54. The van der Waals surface area contributed by atoms with Gasteiger partial charge in [0.1, 0.15) is 29.1 Å². The first-order chi connectivity index (χ1) is 15.3. The molecule has 0 aliphatic carbocycles. The van der Waals surface area contributed by atoms with Crippen molar-refractivity contribution in [2.75, 3.05) is 12.0 Å². The van der Waals surface area contributed by atoms with Crippen LogP contribution in [0.2, 0.25) is 0 Å². The molecule has 1 unspecified atom stereocenters. The number of carbonyl (C=O) groups excluding carboxylic acids is 2. The van der Waals surface area contributed by atoms with E-state index < -0.39 is 17.7 Å². The fourth-order valence-corrected chi connectivity index (χ4v) is 4.37. The molecule has 1 amide bonds. The summed E-state index contributed by atoms with van der Waals surface area (Å²) in [6, 6.07) is 15.0. The summed E-state index contributed by atoms with van der Waals surface area (Å²) in [5, 5.41) is 11.2. The molecule has 0 radical (unpaired) electrons. The zero-order chi connectivity index (χ0) is 23.0. The van der Waals surface area contributed by atoms with Crippen LogP contribution in [0.15, 0.2) is 69.1 Å². The number of ether oxygens (including phenoxy) is 1. The van der Waals surface area contributed by atoms with Crippen LogP contribution in [0.1, 0.15) is 35.6 Å². The second kappa shape index (κ2) is 8.67. The number of aryl methyl sites for hydroxylation is 2. The minimum absolute atomic E-state index is 0.0269. The van der Waals surface area contributed by atoms with Gasteiger partial charge in [0.2, 0.25) is 0 Å². The molecule has 2 heterocycles. The van der Waals surface area contributed by atoms with Crippen molar-refractivity contribution in [3.63, 3.8) is 0 Å². The summed E-state index contributed by atoms with van der Waals surface area (Å²) in [6.07, 6.45) is 0.853. The van der Waals surface area contributed by atoms with Crippen molar-refractivity contribution >= 4 is 39.1 Å². The van der Waals surface area contributed by atoms with Gasteiger partial charge in [-0.15, -0.1) is 0 Å². The summed E-state index contributed by atoms with van der Waals surface area (Å²) < 4.78 is 11.7. The van der Waals surface area contributed by atoms with Crippen LogP contribution in [-0.2, 0) is 16.0 Å². The number of ketones is 1. The maximum atomic E-state index is 13.1. The second-order valence-corrected chi connectivity index (χ2v) is 8.34. The molecule has 1 atom stereocenters. The fourth-order valence-electron chi connectivity index (χ4n) is 3.83. The SMILES string of the molecule is CCc1ccc(N2C(=O)C(=O)/C(=C(\O)c3ccc(OC)c(Br)c3)C2c2ccc(C)o2)cc1. The van der Waals surface area contributed by atoms with Gasteiger partial charge in [0.15, 0.2) is 0 Å². The summed E-state index contributed by atoms with van der Waals surface area (Å²) >= 11 is 3.40. The van der Waals surface area contributed by atoms with Crippen molar-refractivity contribution in [1.82, 2.24) is 0 Å². The molecule has 2 aromatic carbocycles. The number of carbonyl (C=O) groups is 2. The van der Waals surface area contributed by atoms with E-state index >= 15 is 0 Å². The summed E-state index contributed by atoms with van der Waals surface area (Å²) in [5.41, 5.74) is 2.02. The van der Waals surface area contributed by atoms with Crippen LogP contribution in [0.25, 0.3) is 5.76 Å². The second-order valence-electron chi connectivity index (χ2n) is 7.49. The number of methoxy groups -OCH3 is 1. The molecular weight excluding hydrogens is 474 g/mol. The number of aliphatic hydroxyl groups is 1. The number of halogens is 1. The first-order valence-corrected chi connectivity index (χ1v) is 10.9. The van der Waals surface area contributed by atoms with Crippen LogP contribution in [0, 0.1) is 6.92 Å². The van der Waals surface area contributed by atoms with E-state index in [-0.39, 0.29) is 11.3 Å². The van der Waals surface area contributed by atoms with Gasteiger partial charge in [0, 0.05) is 11.3 Å². The molecule has 1 fully saturated rings. The highest BCUT2D eigenvalue weighted by molar-refractivity contribution is 9.10. The van der Waals surface area contributed by atoms with Crippen LogP contribution in [0.4, 0.5) is 5.69 Å². The smallest absolute Gasteiger partial charge is 0.300 e. The Kier molecular flexibility index (Phi) is 5.93. The highest BCUT2D eigenvalue weighted by Crippen LogP contribution is 2.43. The van der Waals surface area contributed by atoms with E-state index in [2.05, 4.69) is 15.9 Å². The maximum Gasteiger partial charge on any atom is 0.300 e. The van der Waals surface area contributed by atoms with Gasteiger partial charge >= 0.3 is 0 Å². The van der Waals surface area contributed by atoms with E-state index in [0.717, 1.165) is 12.0 Å². The molecule has 0 bridgehead atoms. The monoisotopic (exact) mass is 495 g/mol. The van der Waals surface area contributed by atoms with E-state index in [1.165, 1.54) is 12.0 Å². The lowest BCUT2D eigenvalue weighted by Crippen LogP contribution is -2.29. The molecule has 1 aliphatic rings. The number of nitrogens with zero attached hydrogens (tertiary/aromatic N) is 1. The number of hydrogen-bond acceptors (Lipinski definition) is 5. The third-order valence-corrected chi connectivity index (χ3v) is 6.14. The number of benzene rings is 2. The zero-order valence-corrected chi connectivity index (χ0v) is 19.5. The van der Waals surface area contributed by atoms with Gasteiger partial charge in [0.25, 0.3) is 11.7 Å². The van der Waals surface area contributed by atoms with Gasteiger partial charge in [-0.25, -0.2) is 0 Å². The standard InChI is InChI=1S/C25H22BrNO5/c1-4-15-6-9-17(10-7-15)27-22(20-11-5-14(2)32-20)21(24(29)25(27)30)23(28)16-8-12-19(31-3)18(26)13-16/h5-13,22,28H,4H2,1-3H3/b23-21-. The Hall–Kier alpha value is -3.32. The number of rotatable bonds is 5. The molecular formula is C25H22BrNO5. The Morgan fingerprint density at radius 2 is 1.84 bits per heavy atom. The summed E-state index contributed by atoms with van der Waals surface area (Å²) in [6.45, 7) is 3.83. The Morgan fingerprint density at radius 3 is 2.41 bits per heavy atom. The van der Waals surface area contributed by atoms with E-state index in [0.29, 0.717) is 33.0 Å². The molecule has 4 rings (SSSR count). The largest absolute Gasteiger partial charge is 0.507 e. The molecule has 3 aromatic rings. The van der Waals surface area contributed by atoms with E-state index in [9.17, 15) is 14.7 Å². The minimum Gasteiger partial charge on any atom is -0.507 e. The van der Waals surface area contributed by atoms with Gasteiger partial charge < -0.3 is 14.3 Å². The molecule has 1 N–H and O–H groups in total. The normalized spacial score (nSPS) is 17.8. The Balaban J connectivity index is 1.90. The predicted molar refractivity (Wildman–Crippen MR) is 125 cm³/mol. The van der Waals surface area contributed by atoms with Crippen molar-refractivity contribution < 1.29 is 23.8 Å². The number of hydrogen-bond donors (Lipinski definition) is 1. The molecule has 1 aliphatic heterocycles. The average molecular weight is 496 g/mol. The van der Waals surface area contributed by atoms with E-state index in [1.807, 2.05) is 19.1 Å². The maximum absolute atomic E-state index is 13.1. The van der Waals surface area contributed by atoms with Crippen molar-refractivity contribution in [3.8, 4) is 5.75 Å². The summed E-state index contributed by atoms with van der Waals surface area (Å²) in [5.74, 6) is -0.153. The molecule has 1 aromatic heterocycles. The molecule has 6 nitrogen and oxygen atoms in total. The van der Waals surface area contributed by atoms with Crippen molar-refractivity contribution in [1.29, 1.82) is 0 Å². The fraction of sp³-hybridized carbons (Fsp3) is 0.200. The molecule has 0 saturated carbocycles. The molecule has 1 saturated heterocycles. The van der Waals surface area contributed by atoms with Gasteiger partial charge in [-0.3, -0.25) is 14.5 Å². The predicted octanol–water partition coefficient (Wildman–Crippen LogP) is 5.55. The van der Waals surface area contributed by atoms with Gasteiger partial charge in [-0.2, -0.15) is 0 Å². The lowest BCUT2D eigenvalue weighted by Gasteiger charge is -2.23. The Morgan fingerprint density at radius 1 is 1.12 bits per heavy atom. The minimum atomic E-state index is -0.892. The van der Waals surface area contributed by atoms with Crippen LogP contribution in [0.3, 0.4) is 0 Å². The number of furan rings is 1. The molecule has 164 valence electrons. The highest BCUT2D eigenvalue weighted by Gasteiger charge is 2.48. The van der Waals surface area contributed by atoms with Gasteiger partial charge in [-0.05, 0) is 77.3 Å². The highest BCUT2D eigenvalue weighted by atomic mass is 79.9. The Labute approximate surface area is 194 Å². The topological polar surface area (TPSA) is 80.0 Å².